The van der Waals surface area contributed by atoms with Crippen molar-refractivity contribution in [2.24, 2.45) is 0 Å². The summed E-state index contributed by atoms with van der Waals surface area (Å²) in [4.78, 5) is 11.2. The lowest BCUT2D eigenvalue weighted by molar-refractivity contribution is -0.120. The van der Waals surface area contributed by atoms with Gasteiger partial charge in [-0.2, -0.15) is 5.26 Å². The highest BCUT2D eigenvalue weighted by Crippen LogP contribution is 2.14. The fourth-order valence-electron chi connectivity index (χ4n) is 2.38. The Kier molecular flexibility index (Phi) is 7.36. The summed E-state index contributed by atoms with van der Waals surface area (Å²) in [7, 11) is 0. The Labute approximate surface area is 143 Å². The number of ether oxygens (including phenoxy) is 1. The highest BCUT2D eigenvalue weighted by atomic mass is 16.5. The molecular formula is C20H22N2O2. The maximum atomic E-state index is 11.2. The van der Waals surface area contributed by atoms with Gasteiger partial charge in [0, 0.05) is 6.54 Å². The van der Waals surface area contributed by atoms with Crippen LogP contribution in [0, 0.1) is 11.3 Å². The Bertz CT molecular complexity index is 678. The van der Waals surface area contributed by atoms with E-state index in [1.165, 1.54) is 5.56 Å². The van der Waals surface area contributed by atoms with Gasteiger partial charge in [0.05, 0.1) is 12.7 Å². The second-order valence-corrected chi connectivity index (χ2v) is 5.52. The first-order valence-electron chi connectivity index (χ1n) is 8.17. The molecule has 0 saturated carbocycles. The molecule has 4 heteroatoms. The third-order valence-corrected chi connectivity index (χ3v) is 3.60. The lowest BCUT2D eigenvalue weighted by Gasteiger charge is -2.09. The van der Waals surface area contributed by atoms with Crippen LogP contribution in [-0.4, -0.2) is 19.1 Å². The van der Waals surface area contributed by atoms with Crippen molar-refractivity contribution in [3.05, 3.63) is 65.7 Å². The van der Waals surface area contributed by atoms with Crippen LogP contribution >= 0.6 is 0 Å². The molecule has 0 aromatic heterocycles. The first-order chi connectivity index (χ1) is 11.8. The molecule has 2 aromatic carbocycles. The lowest BCUT2D eigenvalue weighted by Crippen LogP contribution is -2.24. The van der Waals surface area contributed by atoms with Gasteiger partial charge in [0.15, 0.2) is 0 Å². The standard InChI is InChI=1S/C20H22N2O2/c21-13-11-20(23)22-14-12-18-8-4-10-19(16-18)24-15-5-9-17-6-2-1-3-7-17/h1-4,6-8,10,16H,5,9,11-12,14-15H2,(H,22,23). The van der Waals surface area contributed by atoms with Crippen molar-refractivity contribution in [2.45, 2.75) is 25.7 Å². The Morgan fingerprint density at radius 2 is 1.83 bits per heavy atom. The molecule has 24 heavy (non-hydrogen) atoms. The lowest BCUT2D eigenvalue weighted by atomic mass is 10.1. The van der Waals surface area contributed by atoms with Crippen LogP contribution in [0.25, 0.3) is 0 Å². The molecule has 0 spiro atoms. The van der Waals surface area contributed by atoms with Crippen LogP contribution in [0.2, 0.25) is 0 Å². The first-order valence-corrected chi connectivity index (χ1v) is 8.17. The number of hydrogen-bond donors (Lipinski definition) is 1. The van der Waals surface area contributed by atoms with Crippen molar-refractivity contribution >= 4 is 5.91 Å². The summed E-state index contributed by atoms with van der Waals surface area (Å²) in [6, 6.07) is 20.1. The van der Waals surface area contributed by atoms with Crippen molar-refractivity contribution in [2.75, 3.05) is 13.2 Å². The topological polar surface area (TPSA) is 62.1 Å². The summed E-state index contributed by atoms with van der Waals surface area (Å²) in [6.07, 6.45) is 2.60. The molecular weight excluding hydrogens is 300 g/mol. The molecule has 0 aliphatic rings. The number of rotatable bonds is 9. The predicted molar refractivity (Wildman–Crippen MR) is 93.6 cm³/mol. The third kappa shape index (κ3) is 6.53. The van der Waals surface area contributed by atoms with Crippen LogP contribution < -0.4 is 10.1 Å². The second-order valence-electron chi connectivity index (χ2n) is 5.52. The van der Waals surface area contributed by atoms with Gasteiger partial charge < -0.3 is 10.1 Å². The van der Waals surface area contributed by atoms with E-state index in [1.54, 1.807) is 0 Å². The summed E-state index contributed by atoms with van der Waals surface area (Å²) in [6.45, 7) is 1.20. The van der Waals surface area contributed by atoms with Gasteiger partial charge in [-0.15, -0.1) is 0 Å². The van der Waals surface area contributed by atoms with Gasteiger partial charge in [0.25, 0.3) is 0 Å². The van der Waals surface area contributed by atoms with Crippen LogP contribution in [0.5, 0.6) is 5.75 Å². The number of aryl methyl sites for hydroxylation is 1. The van der Waals surface area contributed by atoms with E-state index < -0.39 is 0 Å². The summed E-state index contributed by atoms with van der Waals surface area (Å²) < 4.78 is 5.80. The molecule has 0 radical (unpaired) electrons. The van der Waals surface area contributed by atoms with Crippen LogP contribution in [0.1, 0.15) is 24.0 Å². The van der Waals surface area contributed by atoms with Crippen LogP contribution in [-0.2, 0) is 17.6 Å². The molecule has 0 heterocycles. The number of carbonyl (C=O) groups excluding carboxylic acids is 1. The summed E-state index contributed by atoms with van der Waals surface area (Å²) >= 11 is 0. The van der Waals surface area contributed by atoms with Gasteiger partial charge in [-0.3, -0.25) is 4.79 Å². The number of amides is 1. The van der Waals surface area contributed by atoms with Crippen molar-refractivity contribution < 1.29 is 9.53 Å². The summed E-state index contributed by atoms with van der Waals surface area (Å²) in [5.74, 6) is 0.620. The predicted octanol–water partition coefficient (Wildman–Crippen LogP) is 3.27. The Hall–Kier alpha value is -2.80. The molecule has 2 rings (SSSR count). The Morgan fingerprint density at radius 3 is 2.62 bits per heavy atom. The molecule has 0 fully saturated rings. The quantitative estimate of drug-likeness (QED) is 0.721. The Morgan fingerprint density at radius 1 is 1.04 bits per heavy atom. The Balaban J connectivity index is 1.70. The molecule has 0 aliphatic heterocycles. The van der Waals surface area contributed by atoms with Gasteiger partial charge >= 0.3 is 0 Å². The SMILES string of the molecule is N#CCC(=O)NCCc1cccc(OCCCc2ccccc2)c1. The molecule has 1 N–H and O–H groups in total. The second kappa shape index (κ2) is 10.1. The number of nitriles is 1. The van der Waals surface area contributed by atoms with E-state index in [9.17, 15) is 4.79 Å². The zero-order valence-electron chi connectivity index (χ0n) is 13.7. The first kappa shape index (κ1) is 17.6. The van der Waals surface area contributed by atoms with E-state index in [1.807, 2.05) is 36.4 Å². The maximum absolute atomic E-state index is 11.2. The minimum atomic E-state index is -0.231. The molecule has 0 bridgehead atoms. The molecule has 2 aromatic rings. The van der Waals surface area contributed by atoms with Crippen molar-refractivity contribution in [3.8, 4) is 11.8 Å². The third-order valence-electron chi connectivity index (χ3n) is 3.60. The number of benzene rings is 2. The molecule has 0 atom stereocenters. The zero-order chi connectivity index (χ0) is 17.0. The fraction of sp³-hybridized carbons (Fsp3) is 0.300. The normalized spacial score (nSPS) is 9.96. The van der Waals surface area contributed by atoms with E-state index in [0.717, 1.165) is 30.6 Å². The summed E-state index contributed by atoms with van der Waals surface area (Å²) in [5.41, 5.74) is 2.43. The minimum Gasteiger partial charge on any atom is -0.494 e. The average molecular weight is 322 g/mol. The highest BCUT2D eigenvalue weighted by Gasteiger charge is 2.01. The number of nitrogens with one attached hydrogen (secondary N) is 1. The van der Waals surface area contributed by atoms with E-state index >= 15 is 0 Å². The molecule has 0 aliphatic carbocycles. The van der Waals surface area contributed by atoms with Gasteiger partial charge in [0.2, 0.25) is 5.91 Å². The molecule has 0 unspecified atom stereocenters. The zero-order valence-corrected chi connectivity index (χ0v) is 13.7. The smallest absolute Gasteiger partial charge is 0.234 e. The maximum Gasteiger partial charge on any atom is 0.234 e. The molecule has 0 saturated heterocycles. The van der Waals surface area contributed by atoms with Crippen molar-refractivity contribution in [1.82, 2.24) is 5.32 Å². The van der Waals surface area contributed by atoms with Gasteiger partial charge in [0.1, 0.15) is 12.2 Å². The summed E-state index contributed by atoms with van der Waals surface area (Å²) in [5, 5.41) is 11.2. The van der Waals surface area contributed by atoms with Crippen LogP contribution in [0.4, 0.5) is 0 Å². The number of nitrogens with zero attached hydrogens (tertiary/aromatic N) is 1. The average Bonchev–Trinajstić information content (AvgIpc) is 2.60. The van der Waals surface area contributed by atoms with E-state index in [-0.39, 0.29) is 12.3 Å². The van der Waals surface area contributed by atoms with Crippen LogP contribution in [0.15, 0.2) is 54.6 Å². The van der Waals surface area contributed by atoms with E-state index in [4.69, 9.17) is 10.00 Å². The minimum absolute atomic E-state index is 0.0927. The van der Waals surface area contributed by atoms with Gasteiger partial charge in [-0.25, -0.2) is 0 Å². The highest BCUT2D eigenvalue weighted by molar-refractivity contribution is 5.77. The number of hydrogen-bond acceptors (Lipinski definition) is 3. The molecule has 124 valence electrons. The molecule has 4 nitrogen and oxygen atoms in total. The molecule has 1 amide bonds. The van der Waals surface area contributed by atoms with E-state index in [2.05, 4.69) is 29.6 Å². The van der Waals surface area contributed by atoms with Crippen molar-refractivity contribution in [3.63, 3.8) is 0 Å². The van der Waals surface area contributed by atoms with Gasteiger partial charge in [-0.1, -0.05) is 42.5 Å². The van der Waals surface area contributed by atoms with Crippen LogP contribution in [0.3, 0.4) is 0 Å². The van der Waals surface area contributed by atoms with E-state index in [0.29, 0.717) is 13.2 Å². The van der Waals surface area contributed by atoms with Crippen molar-refractivity contribution in [1.29, 1.82) is 5.26 Å². The fourth-order valence-corrected chi connectivity index (χ4v) is 2.38. The largest absolute Gasteiger partial charge is 0.494 e. The monoisotopic (exact) mass is 322 g/mol. The van der Waals surface area contributed by atoms with Gasteiger partial charge in [-0.05, 0) is 42.5 Å². The number of carbonyl (C=O) groups is 1.